The Labute approximate surface area is 141 Å². The molecule has 23 heavy (non-hydrogen) atoms. The maximum Gasteiger partial charge on any atom is 0.223 e. The van der Waals surface area contributed by atoms with Gasteiger partial charge in [0.25, 0.3) is 0 Å². The number of benzene rings is 1. The van der Waals surface area contributed by atoms with Crippen molar-refractivity contribution < 1.29 is 4.79 Å². The first kappa shape index (κ1) is 16.1. The van der Waals surface area contributed by atoms with Crippen molar-refractivity contribution in [1.29, 1.82) is 0 Å². The molecule has 1 atom stereocenters. The highest BCUT2D eigenvalue weighted by Gasteiger charge is 2.26. The minimum atomic E-state index is -0.0694. The van der Waals surface area contributed by atoms with E-state index in [2.05, 4.69) is 47.2 Å². The fraction of sp³-hybridized carbons (Fsp3) is 0.444. The van der Waals surface area contributed by atoms with Crippen LogP contribution in [-0.4, -0.2) is 22.3 Å². The number of hydrogen-bond donors (Lipinski definition) is 1. The van der Waals surface area contributed by atoms with Gasteiger partial charge < -0.3 is 5.32 Å². The number of nitrogens with one attached hydrogen (secondary N) is 1. The fourth-order valence-electron chi connectivity index (χ4n) is 3.16. The number of nitrogens with zero attached hydrogens (tertiary/aromatic N) is 2. The molecule has 1 aliphatic heterocycles. The van der Waals surface area contributed by atoms with Crippen molar-refractivity contribution in [2.75, 3.05) is 11.9 Å². The van der Waals surface area contributed by atoms with Crippen LogP contribution in [0, 0.1) is 13.8 Å². The summed E-state index contributed by atoms with van der Waals surface area (Å²) in [5.74, 6) is -0.0694. The number of rotatable bonds is 4. The van der Waals surface area contributed by atoms with E-state index in [1.165, 1.54) is 47.8 Å². The monoisotopic (exact) mass is 329 g/mol. The van der Waals surface area contributed by atoms with Crippen LogP contribution in [0.2, 0.25) is 0 Å². The van der Waals surface area contributed by atoms with E-state index in [0.717, 1.165) is 18.8 Å². The van der Waals surface area contributed by atoms with Gasteiger partial charge in [-0.15, -0.1) is 11.3 Å². The molecule has 1 aliphatic rings. The predicted octanol–water partition coefficient (Wildman–Crippen LogP) is 4.06. The Balaban J connectivity index is 1.72. The van der Waals surface area contributed by atoms with Crippen LogP contribution < -0.4 is 5.32 Å². The third-order valence-electron chi connectivity index (χ3n) is 4.48. The molecule has 2 heterocycles. The van der Waals surface area contributed by atoms with Gasteiger partial charge in [-0.1, -0.05) is 18.2 Å². The highest BCUT2D eigenvalue weighted by molar-refractivity contribution is 7.13. The maximum absolute atomic E-state index is 11.1. The number of carbonyl (C=O) groups is 1. The number of aromatic nitrogens is 1. The molecular formula is C18H23N3OS. The Kier molecular flexibility index (Phi) is 4.78. The van der Waals surface area contributed by atoms with E-state index in [1.54, 1.807) is 0 Å². The Morgan fingerprint density at radius 3 is 2.96 bits per heavy atom. The SMILES string of the molecule is CC(=O)Nc1nc(CN2CCCC2c2ccc(C)c(C)c2)cs1. The minimum absolute atomic E-state index is 0.0694. The van der Waals surface area contributed by atoms with Crippen LogP contribution in [-0.2, 0) is 11.3 Å². The quantitative estimate of drug-likeness (QED) is 0.920. The first-order valence-corrected chi connectivity index (χ1v) is 8.94. The first-order valence-electron chi connectivity index (χ1n) is 8.06. The minimum Gasteiger partial charge on any atom is -0.302 e. The van der Waals surface area contributed by atoms with Gasteiger partial charge in [-0.2, -0.15) is 0 Å². The molecule has 0 spiro atoms. The van der Waals surface area contributed by atoms with E-state index < -0.39 is 0 Å². The van der Waals surface area contributed by atoms with E-state index in [-0.39, 0.29) is 5.91 Å². The van der Waals surface area contributed by atoms with E-state index in [9.17, 15) is 4.79 Å². The average Bonchev–Trinajstić information content (AvgIpc) is 3.11. The number of thiazole rings is 1. The standard InChI is InChI=1S/C18H23N3OS/c1-12-6-7-15(9-13(12)2)17-5-4-8-21(17)10-16-11-23-18(20-16)19-14(3)22/h6-7,9,11,17H,4-5,8,10H2,1-3H3,(H,19,20,22). The largest absolute Gasteiger partial charge is 0.302 e. The lowest BCUT2D eigenvalue weighted by molar-refractivity contribution is -0.114. The van der Waals surface area contributed by atoms with Crippen LogP contribution in [0.3, 0.4) is 0 Å². The molecule has 0 bridgehead atoms. The number of likely N-dealkylation sites (tertiary alicyclic amines) is 1. The van der Waals surface area contributed by atoms with Crippen molar-refractivity contribution in [1.82, 2.24) is 9.88 Å². The van der Waals surface area contributed by atoms with Gasteiger partial charge in [-0.3, -0.25) is 9.69 Å². The van der Waals surface area contributed by atoms with Crippen LogP contribution in [0.5, 0.6) is 0 Å². The molecule has 1 fully saturated rings. The molecule has 4 nitrogen and oxygen atoms in total. The zero-order valence-corrected chi connectivity index (χ0v) is 14.7. The molecule has 0 aliphatic carbocycles. The number of hydrogen-bond acceptors (Lipinski definition) is 4. The molecule has 5 heteroatoms. The summed E-state index contributed by atoms with van der Waals surface area (Å²) >= 11 is 1.49. The maximum atomic E-state index is 11.1. The van der Waals surface area contributed by atoms with Crippen LogP contribution in [0.25, 0.3) is 0 Å². The topological polar surface area (TPSA) is 45.2 Å². The molecule has 1 aromatic heterocycles. The molecule has 3 rings (SSSR count). The lowest BCUT2D eigenvalue weighted by atomic mass is 9.99. The lowest BCUT2D eigenvalue weighted by Gasteiger charge is -2.24. The summed E-state index contributed by atoms with van der Waals surface area (Å²) in [6.45, 7) is 7.79. The second kappa shape index (κ2) is 6.81. The third-order valence-corrected chi connectivity index (χ3v) is 5.29. The van der Waals surface area contributed by atoms with E-state index in [0.29, 0.717) is 11.2 Å². The van der Waals surface area contributed by atoms with Gasteiger partial charge in [0, 0.05) is 24.9 Å². The highest BCUT2D eigenvalue weighted by atomic mass is 32.1. The first-order chi connectivity index (χ1) is 11.0. The van der Waals surface area contributed by atoms with E-state index in [4.69, 9.17) is 0 Å². The van der Waals surface area contributed by atoms with Crippen molar-refractivity contribution in [3.05, 3.63) is 46.0 Å². The van der Waals surface area contributed by atoms with Crippen LogP contribution in [0.1, 0.15) is 48.2 Å². The molecule has 122 valence electrons. The smallest absolute Gasteiger partial charge is 0.223 e. The summed E-state index contributed by atoms with van der Waals surface area (Å²) in [6, 6.07) is 7.27. The van der Waals surface area contributed by atoms with Crippen molar-refractivity contribution in [3.8, 4) is 0 Å². The summed E-state index contributed by atoms with van der Waals surface area (Å²) in [5.41, 5.74) is 5.14. The van der Waals surface area contributed by atoms with Crippen molar-refractivity contribution in [3.63, 3.8) is 0 Å². The summed E-state index contributed by atoms with van der Waals surface area (Å²) in [6.07, 6.45) is 2.42. The molecule has 1 amide bonds. The lowest BCUT2D eigenvalue weighted by Crippen LogP contribution is -2.23. The third kappa shape index (κ3) is 3.79. The van der Waals surface area contributed by atoms with Crippen molar-refractivity contribution in [2.24, 2.45) is 0 Å². The number of amides is 1. The Bertz CT molecular complexity index is 710. The summed E-state index contributed by atoms with van der Waals surface area (Å²) < 4.78 is 0. The highest BCUT2D eigenvalue weighted by Crippen LogP contribution is 2.34. The fourth-order valence-corrected chi connectivity index (χ4v) is 3.91. The average molecular weight is 329 g/mol. The number of carbonyl (C=O) groups excluding carboxylic acids is 1. The zero-order valence-electron chi connectivity index (χ0n) is 13.9. The second-order valence-electron chi connectivity index (χ2n) is 6.30. The van der Waals surface area contributed by atoms with Gasteiger partial charge in [-0.25, -0.2) is 4.98 Å². The summed E-state index contributed by atoms with van der Waals surface area (Å²) in [5, 5.41) is 5.49. The van der Waals surface area contributed by atoms with Crippen molar-refractivity contribution in [2.45, 2.75) is 46.2 Å². The predicted molar refractivity (Wildman–Crippen MR) is 94.7 cm³/mol. The zero-order chi connectivity index (χ0) is 16.4. The molecule has 1 saturated heterocycles. The summed E-state index contributed by atoms with van der Waals surface area (Å²) in [7, 11) is 0. The molecule has 0 radical (unpaired) electrons. The van der Waals surface area contributed by atoms with E-state index >= 15 is 0 Å². The normalized spacial score (nSPS) is 18.3. The Hall–Kier alpha value is -1.72. The van der Waals surface area contributed by atoms with Gasteiger partial charge in [-0.05, 0) is 49.9 Å². The van der Waals surface area contributed by atoms with Crippen LogP contribution >= 0.6 is 11.3 Å². The molecule has 2 aromatic rings. The molecule has 1 unspecified atom stereocenters. The number of aryl methyl sites for hydroxylation is 2. The molecule has 0 saturated carbocycles. The Morgan fingerprint density at radius 2 is 2.22 bits per heavy atom. The van der Waals surface area contributed by atoms with Gasteiger partial charge in [0.2, 0.25) is 5.91 Å². The molecule has 1 N–H and O–H groups in total. The van der Waals surface area contributed by atoms with E-state index in [1.807, 2.05) is 5.38 Å². The van der Waals surface area contributed by atoms with Gasteiger partial charge >= 0.3 is 0 Å². The van der Waals surface area contributed by atoms with Crippen molar-refractivity contribution >= 4 is 22.4 Å². The summed E-state index contributed by atoms with van der Waals surface area (Å²) in [4.78, 5) is 18.1. The van der Waals surface area contributed by atoms with Gasteiger partial charge in [0.1, 0.15) is 0 Å². The van der Waals surface area contributed by atoms with Gasteiger partial charge in [0.05, 0.1) is 5.69 Å². The molecule has 1 aromatic carbocycles. The Morgan fingerprint density at radius 1 is 1.39 bits per heavy atom. The van der Waals surface area contributed by atoms with Crippen LogP contribution in [0.15, 0.2) is 23.6 Å². The van der Waals surface area contributed by atoms with Crippen LogP contribution in [0.4, 0.5) is 5.13 Å². The number of anilines is 1. The second-order valence-corrected chi connectivity index (χ2v) is 7.16. The molecular weight excluding hydrogens is 306 g/mol. The van der Waals surface area contributed by atoms with Gasteiger partial charge in [0.15, 0.2) is 5.13 Å².